The molecule has 29 heavy (non-hydrogen) atoms. The van der Waals surface area contributed by atoms with Crippen molar-refractivity contribution in [2.75, 3.05) is 10.0 Å². The minimum atomic E-state index is -3.80. The number of anilines is 2. The zero-order chi connectivity index (χ0) is 21.0. The number of aliphatic carboxylic acids is 1. The normalized spacial score (nSPS) is 18.8. The average Bonchev–Trinajstić information content (AvgIpc) is 2.70. The highest BCUT2D eigenvalue weighted by Gasteiger charge is 2.33. The van der Waals surface area contributed by atoms with Gasteiger partial charge in [0.2, 0.25) is 5.91 Å². The minimum Gasteiger partial charge on any atom is -0.481 e. The number of allylic oxidation sites excluding steroid dienone is 2. The Morgan fingerprint density at radius 1 is 0.897 bits per heavy atom. The summed E-state index contributed by atoms with van der Waals surface area (Å²) in [5.41, 5.74) is 0.760. The molecule has 7 nitrogen and oxygen atoms in total. The second kappa shape index (κ2) is 8.67. The minimum absolute atomic E-state index is 0.0226. The molecule has 2 atom stereocenters. The van der Waals surface area contributed by atoms with Gasteiger partial charge in [-0.3, -0.25) is 14.3 Å². The quantitative estimate of drug-likeness (QED) is 0.599. The maximum Gasteiger partial charge on any atom is 0.307 e. The molecule has 1 aliphatic rings. The third-order valence-corrected chi connectivity index (χ3v) is 6.26. The average molecular weight is 435 g/mol. The fourth-order valence-electron chi connectivity index (χ4n) is 3.06. The number of rotatable bonds is 6. The number of benzene rings is 2. The molecule has 2 aromatic carbocycles. The summed E-state index contributed by atoms with van der Waals surface area (Å²) in [6.45, 7) is 0. The number of carbonyl (C=O) groups excluding carboxylic acids is 1. The predicted octanol–water partition coefficient (Wildman–Crippen LogP) is 3.75. The Balaban J connectivity index is 1.69. The number of hydrogen-bond donors (Lipinski definition) is 3. The summed E-state index contributed by atoms with van der Waals surface area (Å²) in [7, 11) is -3.80. The van der Waals surface area contributed by atoms with Gasteiger partial charge >= 0.3 is 5.97 Å². The highest BCUT2D eigenvalue weighted by atomic mass is 35.5. The standard InChI is InChI=1S/C20H19ClN2O5S/c21-13-5-7-15(8-6-13)23-29(27,28)16-11-9-14(10-12-16)22-19(24)17-3-1-2-4-18(17)20(25)26/h1-2,5-12,17-18,23H,3-4H2,(H,22,24)(H,25,26)/t17-,18-/m0/s1. The first-order valence-corrected chi connectivity index (χ1v) is 10.7. The van der Waals surface area contributed by atoms with Crippen molar-refractivity contribution in [1.82, 2.24) is 0 Å². The van der Waals surface area contributed by atoms with Gasteiger partial charge in [0.15, 0.2) is 0 Å². The van der Waals surface area contributed by atoms with Crippen molar-refractivity contribution >= 4 is 44.9 Å². The fourth-order valence-corrected chi connectivity index (χ4v) is 4.25. The van der Waals surface area contributed by atoms with Crippen LogP contribution in [0.2, 0.25) is 5.02 Å². The summed E-state index contributed by atoms with van der Waals surface area (Å²) in [5.74, 6) is -2.86. The Bertz CT molecular complexity index is 1030. The van der Waals surface area contributed by atoms with Gasteiger partial charge < -0.3 is 10.4 Å². The molecule has 0 aliphatic heterocycles. The molecule has 0 saturated carbocycles. The summed E-state index contributed by atoms with van der Waals surface area (Å²) < 4.78 is 27.4. The highest BCUT2D eigenvalue weighted by molar-refractivity contribution is 7.92. The molecular weight excluding hydrogens is 416 g/mol. The Morgan fingerprint density at radius 3 is 2.03 bits per heavy atom. The number of carboxylic acid groups (broad SMARTS) is 1. The molecule has 0 aromatic heterocycles. The van der Waals surface area contributed by atoms with Gasteiger partial charge in [-0.1, -0.05) is 23.8 Å². The smallest absolute Gasteiger partial charge is 0.307 e. The molecule has 1 aliphatic carbocycles. The van der Waals surface area contributed by atoms with Crippen molar-refractivity contribution in [2.45, 2.75) is 17.7 Å². The zero-order valence-electron chi connectivity index (χ0n) is 15.2. The van der Waals surface area contributed by atoms with E-state index >= 15 is 0 Å². The Hall–Kier alpha value is -2.84. The molecule has 2 aromatic rings. The molecule has 9 heteroatoms. The van der Waals surface area contributed by atoms with Gasteiger partial charge in [0, 0.05) is 16.4 Å². The van der Waals surface area contributed by atoms with Crippen molar-refractivity contribution in [3.8, 4) is 0 Å². The van der Waals surface area contributed by atoms with E-state index in [0.717, 1.165) is 0 Å². The highest BCUT2D eigenvalue weighted by Crippen LogP contribution is 2.27. The first-order valence-electron chi connectivity index (χ1n) is 8.83. The summed E-state index contributed by atoms with van der Waals surface area (Å²) in [6.07, 6.45) is 4.21. The Labute approximate surface area is 173 Å². The van der Waals surface area contributed by atoms with E-state index in [4.69, 9.17) is 11.6 Å². The zero-order valence-corrected chi connectivity index (χ0v) is 16.8. The van der Waals surface area contributed by atoms with Crippen LogP contribution in [0, 0.1) is 11.8 Å². The number of carbonyl (C=O) groups is 2. The van der Waals surface area contributed by atoms with E-state index in [1.807, 2.05) is 0 Å². The molecule has 152 valence electrons. The maximum atomic E-state index is 12.5. The van der Waals surface area contributed by atoms with Crippen LogP contribution in [0.15, 0.2) is 65.6 Å². The van der Waals surface area contributed by atoms with Crippen molar-refractivity contribution in [2.24, 2.45) is 11.8 Å². The van der Waals surface area contributed by atoms with Crippen molar-refractivity contribution < 1.29 is 23.1 Å². The summed E-state index contributed by atoms with van der Waals surface area (Å²) in [5, 5.41) is 12.4. The summed E-state index contributed by atoms with van der Waals surface area (Å²) in [4.78, 5) is 23.9. The lowest BCUT2D eigenvalue weighted by atomic mass is 9.82. The van der Waals surface area contributed by atoms with Gasteiger partial charge in [-0.15, -0.1) is 0 Å². The maximum absolute atomic E-state index is 12.5. The Kier molecular flexibility index (Phi) is 6.24. The molecule has 0 spiro atoms. The summed E-state index contributed by atoms with van der Waals surface area (Å²) in [6, 6.07) is 11.9. The van der Waals surface area contributed by atoms with Gasteiger partial charge in [-0.25, -0.2) is 8.42 Å². The molecule has 3 N–H and O–H groups in total. The van der Waals surface area contributed by atoms with Gasteiger partial charge in [0.05, 0.1) is 16.7 Å². The third-order valence-electron chi connectivity index (χ3n) is 4.61. The monoisotopic (exact) mass is 434 g/mol. The van der Waals surface area contributed by atoms with Gasteiger partial charge in [-0.2, -0.15) is 0 Å². The predicted molar refractivity (Wildman–Crippen MR) is 110 cm³/mol. The number of hydrogen-bond acceptors (Lipinski definition) is 4. The van der Waals surface area contributed by atoms with Crippen LogP contribution in [0.4, 0.5) is 11.4 Å². The molecule has 3 rings (SSSR count). The van der Waals surface area contributed by atoms with E-state index in [1.54, 1.807) is 36.4 Å². The van der Waals surface area contributed by atoms with Crippen LogP contribution in [0.5, 0.6) is 0 Å². The number of carboxylic acids is 1. The van der Waals surface area contributed by atoms with E-state index in [2.05, 4.69) is 10.0 Å². The Morgan fingerprint density at radius 2 is 1.45 bits per heavy atom. The first kappa shape index (κ1) is 20.9. The second-order valence-electron chi connectivity index (χ2n) is 6.62. The van der Waals surface area contributed by atoms with Crippen molar-refractivity contribution in [1.29, 1.82) is 0 Å². The van der Waals surface area contributed by atoms with Gasteiger partial charge in [0.1, 0.15) is 0 Å². The third kappa shape index (κ3) is 5.16. The van der Waals surface area contributed by atoms with Crippen molar-refractivity contribution in [3.05, 3.63) is 65.7 Å². The molecule has 0 unspecified atom stereocenters. The first-order chi connectivity index (χ1) is 13.8. The van der Waals surface area contributed by atoms with Gasteiger partial charge in [0.25, 0.3) is 10.0 Å². The number of sulfonamides is 1. The lowest BCUT2D eigenvalue weighted by Crippen LogP contribution is -2.34. The summed E-state index contributed by atoms with van der Waals surface area (Å²) >= 11 is 5.79. The van der Waals surface area contributed by atoms with E-state index in [0.29, 0.717) is 29.2 Å². The largest absolute Gasteiger partial charge is 0.481 e. The molecule has 0 saturated heterocycles. The lowest BCUT2D eigenvalue weighted by molar-refractivity contribution is -0.146. The van der Waals surface area contributed by atoms with Crippen LogP contribution in [0.3, 0.4) is 0 Å². The molecular formula is C20H19ClN2O5S. The molecule has 0 bridgehead atoms. The van der Waals surface area contributed by atoms with Crippen LogP contribution in [-0.2, 0) is 19.6 Å². The lowest BCUT2D eigenvalue weighted by Gasteiger charge is -2.24. The number of nitrogens with one attached hydrogen (secondary N) is 2. The molecule has 1 amide bonds. The number of halogens is 1. The van der Waals surface area contributed by atoms with E-state index in [-0.39, 0.29) is 4.90 Å². The van der Waals surface area contributed by atoms with E-state index < -0.39 is 33.7 Å². The van der Waals surface area contributed by atoms with Crippen LogP contribution in [0.25, 0.3) is 0 Å². The fraction of sp³-hybridized carbons (Fsp3) is 0.200. The van der Waals surface area contributed by atoms with E-state index in [1.165, 1.54) is 24.3 Å². The van der Waals surface area contributed by atoms with Crippen LogP contribution < -0.4 is 10.0 Å². The molecule has 0 radical (unpaired) electrons. The van der Waals surface area contributed by atoms with Crippen LogP contribution >= 0.6 is 11.6 Å². The van der Waals surface area contributed by atoms with Crippen LogP contribution in [0.1, 0.15) is 12.8 Å². The molecule has 0 fully saturated rings. The molecule has 0 heterocycles. The van der Waals surface area contributed by atoms with Crippen LogP contribution in [-0.4, -0.2) is 25.4 Å². The second-order valence-corrected chi connectivity index (χ2v) is 8.74. The number of amides is 1. The van der Waals surface area contributed by atoms with Gasteiger partial charge in [-0.05, 0) is 61.4 Å². The SMILES string of the molecule is O=C(O)[C@H]1CC=CC[C@@H]1C(=O)Nc1ccc(S(=O)(=O)Nc2ccc(Cl)cc2)cc1. The topological polar surface area (TPSA) is 113 Å². The van der Waals surface area contributed by atoms with Crippen molar-refractivity contribution in [3.63, 3.8) is 0 Å². The van der Waals surface area contributed by atoms with E-state index in [9.17, 15) is 23.1 Å².